The fourth-order valence-corrected chi connectivity index (χ4v) is 2.90. The van der Waals surface area contributed by atoms with Gasteiger partial charge in [-0.25, -0.2) is 0 Å². The van der Waals surface area contributed by atoms with E-state index in [1.54, 1.807) is 0 Å². The summed E-state index contributed by atoms with van der Waals surface area (Å²) in [4.78, 5) is 5.05. The molecular formula is C14H31N3. The number of nitrogens with one attached hydrogen (secondary N) is 1. The van der Waals surface area contributed by atoms with E-state index in [0.29, 0.717) is 12.1 Å². The molecule has 0 spiro atoms. The molecule has 1 fully saturated rings. The number of rotatable bonds is 5. The summed E-state index contributed by atoms with van der Waals surface area (Å²) in [5.74, 6) is 0.744. The lowest BCUT2D eigenvalue weighted by Crippen LogP contribution is -2.55. The summed E-state index contributed by atoms with van der Waals surface area (Å²) in [6, 6.07) is 1.27. The number of nitrogens with zero attached hydrogens (tertiary/aromatic N) is 2. The second-order valence-corrected chi connectivity index (χ2v) is 5.63. The zero-order chi connectivity index (χ0) is 12.8. The third-order valence-corrected chi connectivity index (χ3v) is 4.23. The second kappa shape index (κ2) is 7.34. The number of hydrogen-bond donors (Lipinski definition) is 1. The molecule has 1 rings (SSSR count). The van der Waals surface area contributed by atoms with Gasteiger partial charge in [-0.05, 0) is 46.1 Å². The van der Waals surface area contributed by atoms with Crippen molar-refractivity contribution in [1.82, 2.24) is 15.1 Å². The molecule has 0 saturated carbocycles. The lowest BCUT2D eigenvalue weighted by Gasteiger charge is -2.38. The SMILES string of the molecule is CCNC(C(C)CC)C1CN(C)CCCN1C. The second-order valence-electron chi connectivity index (χ2n) is 5.63. The molecule has 3 nitrogen and oxygen atoms in total. The molecule has 17 heavy (non-hydrogen) atoms. The lowest BCUT2D eigenvalue weighted by atomic mass is 9.91. The maximum absolute atomic E-state index is 3.71. The van der Waals surface area contributed by atoms with E-state index in [1.165, 1.54) is 32.5 Å². The van der Waals surface area contributed by atoms with Crippen LogP contribution in [0.4, 0.5) is 0 Å². The molecule has 3 unspecified atom stereocenters. The minimum atomic E-state index is 0.621. The Bertz CT molecular complexity index is 208. The van der Waals surface area contributed by atoms with E-state index in [-0.39, 0.29) is 0 Å². The molecule has 3 atom stereocenters. The van der Waals surface area contributed by atoms with Gasteiger partial charge in [0.25, 0.3) is 0 Å². The maximum Gasteiger partial charge on any atom is 0.0375 e. The third-order valence-electron chi connectivity index (χ3n) is 4.23. The predicted octanol–water partition coefficient (Wildman–Crippen LogP) is 1.65. The highest BCUT2D eigenvalue weighted by Crippen LogP contribution is 2.18. The molecule has 1 aliphatic rings. The zero-order valence-corrected chi connectivity index (χ0v) is 12.4. The quantitative estimate of drug-likeness (QED) is 0.789. The van der Waals surface area contributed by atoms with Crippen molar-refractivity contribution in [2.45, 2.75) is 45.7 Å². The topological polar surface area (TPSA) is 18.5 Å². The minimum absolute atomic E-state index is 0.621. The predicted molar refractivity (Wildman–Crippen MR) is 75.5 cm³/mol. The zero-order valence-electron chi connectivity index (χ0n) is 12.4. The normalized spacial score (nSPS) is 27.7. The van der Waals surface area contributed by atoms with Crippen molar-refractivity contribution in [3.8, 4) is 0 Å². The van der Waals surface area contributed by atoms with Crippen molar-refractivity contribution in [1.29, 1.82) is 0 Å². The Labute approximate surface area is 108 Å². The summed E-state index contributed by atoms with van der Waals surface area (Å²) >= 11 is 0. The van der Waals surface area contributed by atoms with E-state index < -0.39 is 0 Å². The highest BCUT2D eigenvalue weighted by molar-refractivity contribution is 4.89. The standard InChI is InChI=1S/C14H31N3/c1-6-12(3)14(15-7-2)13-11-16(4)9-8-10-17(13)5/h12-15H,6-11H2,1-5H3. The summed E-state index contributed by atoms with van der Waals surface area (Å²) in [6.45, 7) is 11.6. The van der Waals surface area contributed by atoms with E-state index >= 15 is 0 Å². The molecule has 102 valence electrons. The van der Waals surface area contributed by atoms with Crippen molar-refractivity contribution in [3.63, 3.8) is 0 Å². The van der Waals surface area contributed by atoms with Crippen molar-refractivity contribution in [2.24, 2.45) is 5.92 Å². The van der Waals surface area contributed by atoms with Crippen LogP contribution in [-0.2, 0) is 0 Å². The van der Waals surface area contributed by atoms with Gasteiger partial charge in [0.15, 0.2) is 0 Å². The van der Waals surface area contributed by atoms with Gasteiger partial charge in [0.2, 0.25) is 0 Å². The molecule has 1 heterocycles. The van der Waals surface area contributed by atoms with Crippen LogP contribution in [0.3, 0.4) is 0 Å². The van der Waals surface area contributed by atoms with E-state index in [1.807, 2.05) is 0 Å². The average Bonchev–Trinajstić information content (AvgIpc) is 2.47. The Morgan fingerprint density at radius 1 is 1.24 bits per heavy atom. The van der Waals surface area contributed by atoms with Crippen molar-refractivity contribution < 1.29 is 0 Å². The summed E-state index contributed by atoms with van der Waals surface area (Å²) in [5.41, 5.74) is 0. The Morgan fingerprint density at radius 2 is 1.94 bits per heavy atom. The highest BCUT2D eigenvalue weighted by atomic mass is 15.2. The van der Waals surface area contributed by atoms with Crippen LogP contribution in [0.5, 0.6) is 0 Å². The molecule has 0 radical (unpaired) electrons. The molecule has 1 N–H and O–H groups in total. The first-order chi connectivity index (χ1) is 8.10. The molecule has 0 aromatic rings. The van der Waals surface area contributed by atoms with Gasteiger partial charge >= 0.3 is 0 Å². The first kappa shape index (κ1) is 14.9. The molecule has 1 saturated heterocycles. The molecule has 0 amide bonds. The van der Waals surface area contributed by atoms with Crippen LogP contribution in [-0.4, -0.2) is 62.2 Å². The van der Waals surface area contributed by atoms with Gasteiger partial charge in [0, 0.05) is 18.6 Å². The van der Waals surface area contributed by atoms with Crippen LogP contribution in [0.2, 0.25) is 0 Å². The molecule has 0 aromatic carbocycles. The summed E-state index contributed by atoms with van der Waals surface area (Å²) in [6.07, 6.45) is 2.55. The van der Waals surface area contributed by atoms with E-state index in [4.69, 9.17) is 0 Å². The van der Waals surface area contributed by atoms with Gasteiger partial charge < -0.3 is 15.1 Å². The van der Waals surface area contributed by atoms with Crippen molar-refractivity contribution >= 4 is 0 Å². The summed E-state index contributed by atoms with van der Waals surface area (Å²) in [7, 11) is 4.54. The Kier molecular flexibility index (Phi) is 6.45. The average molecular weight is 241 g/mol. The van der Waals surface area contributed by atoms with Crippen LogP contribution in [0.15, 0.2) is 0 Å². The Balaban J connectivity index is 2.74. The van der Waals surface area contributed by atoms with Crippen LogP contribution in [0.25, 0.3) is 0 Å². The molecular weight excluding hydrogens is 210 g/mol. The maximum atomic E-state index is 3.71. The Hall–Kier alpha value is -0.120. The third kappa shape index (κ3) is 4.23. The van der Waals surface area contributed by atoms with Gasteiger partial charge in [-0.15, -0.1) is 0 Å². The highest BCUT2D eigenvalue weighted by Gasteiger charge is 2.30. The fourth-order valence-electron chi connectivity index (χ4n) is 2.90. The minimum Gasteiger partial charge on any atom is -0.312 e. The molecule has 3 heteroatoms. The molecule has 0 aliphatic carbocycles. The smallest absolute Gasteiger partial charge is 0.0375 e. The van der Waals surface area contributed by atoms with Gasteiger partial charge in [0.1, 0.15) is 0 Å². The van der Waals surface area contributed by atoms with Crippen LogP contribution >= 0.6 is 0 Å². The van der Waals surface area contributed by atoms with Gasteiger partial charge in [-0.1, -0.05) is 27.2 Å². The van der Waals surface area contributed by atoms with Gasteiger partial charge in [-0.3, -0.25) is 0 Å². The monoisotopic (exact) mass is 241 g/mol. The Morgan fingerprint density at radius 3 is 2.53 bits per heavy atom. The number of likely N-dealkylation sites (N-methyl/N-ethyl adjacent to an activating group) is 3. The lowest BCUT2D eigenvalue weighted by molar-refractivity contribution is 0.148. The van der Waals surface area contributed by atoms with Crippen molar-refractivity contribution in [2.75, 3.05) is 40.3 Å². The van der Waals surface area contributed by atoms with E-state index in [0.717, 1.165) is 12.5 Å². The largest absolute Gasteiger partial charge is 0.312 e. The fraction of sp³-hybridized carbons (Fsp3) is 1.00. The van der Waals surface area contributed by atoms with E-state index in [2.05, 4.69) is 50.0 Å². The van der Waals surface area contributed by atoms with Crippen LogP contribution in [0.1, 0.15) is 33.6 Å². The summed E-state index contributed by atoms with van der Waals surface area (Å²) in [5, 5.41) is 3.71. The molecule has 1 aliphatic heterocycles. The molecule has 0 bridgehead atoms. The number of hydrogen-bond acceptors (Lipinski definition) is 3. The van der Waals surface area contributed by atoms with Gasteiger partial charge in [-0.2, -0.15) is 0 Å². The van der Waals surface area contributed by atoms with Crippen LogP contribution in [0, 0.1) is 5.92 Å². The first-order valence-corrected chi connectivity index (χ1v) is 7.22. The van der Waals surface area contributed by atoms with E-state index in [9.17, 15) is 0 Å². The summed E-state index contributed by atoms with van der Waals surface area (Å²) < 4.78 is 0. The first-order valence-electron chi connectivity index (χ1n) is 7.22. The van der Waals surface area contributed by atoms with Crippen LogP contribution < -0.4 is 5.32 Å². The molecule has 0 aromatic heterocycles. The van der Waals surface area contributed by atoms with Crippen molar-refractivity contribution in [3.05, 3.63) is 0 Å². The van der Waals surface area contributed by atoms with Gasteiger partial charge in [0.05, 0.1) is 0 Å².